The maximum atomic E-state index is 11.6. The third-order valence-corrected chi connectivity index (χ3v) is 4.66. The smallest absolute Gasteiger partial charge is 0.282 e. The molecule has 0 saturated heterocycles. The minimum Gasteiger partial charge on any atom is -0.282 e. The van der Waals surface area contributed by atoms with E-state index in [4.69, 9.17) is 0 Å². The highest BCUT2D eigenvalue weighted by molar-refractivity contribution is 7.95. The number of benzene rings is 2. The largest absolute Gasteiger partial charge is 0.295 e. The summed E-state index contributed by atoms with van der Waals surface area (Å²) >= 11 is 0. The number of hydrogen-bond acceptors (Lipinski definition) is 4. The van der Waals surface area contributed by atoms with Gasteiger partial charge in [-0.2, -0.15) is 16.8 Å². The van der Waals surface area contributed by atoms with Crippen molar-refractivity contribution in [2.24, 2.45) is 0 Å². The molecule has 8 heteroatoms. The lowest BCUT2D eigenvalue weighted by atomic mass is 10.1. The van der Waals surface area contributed by atoms with Gasteiger partial charge in [0, 0.05) is 0 Å². The summed E-state index contributed by atoms with van der Waals surface area (Å²) in [6, 6.07) is 13.0. The fraction of sp³-hybridized carbons (Fsp3) is 0. The summed E-state index contributed by atoms with van der Waals surface area (Å²) in [6.07, 6.45) is 0.994. The van der Waals surface area contributed by atoms with E-state index in [-0.39, 0.29) is 11.1 Å². The Hall–Kier alpha value is -2.00. The van der Waals surface area contributed by atoms with Crippen molar-refractivity contribution in [2.45, 2.75) is 4.90 Å². The van der Waals surface area contributed by atoms with E-state index in [0.29, 0.717) is 0 Å². The predicted molar refractivity (Wildman–Crippen MR) is 82.1 cm³/mol. The first-order valence-electron chi connectivity index (χ1n) is 6.01. The molecule has 2 rings (SSSR count). The Balaban J connectivity index is 2.73. The monoisotopic (exact) mass is 340 g/mol. The van der Waals surface area contributed by atoms with Gasteiger partial charge in [-0.25, -0.2) is 0 Å². The van der Waals surface area contributed by atoms with Crippen molar-refractivity contribution >= 4 is 31.2 Å². The Morgan fingerprint density at radius 1 is 0.818 bits per heavy atom. The molecule has 0 unspecified atom stereocenters. The second-order valence-electron chi connectivity index (χ2n) is 4.36. The SMILES string of the molecule is O=S(=O)(O)C(=Cc1ccccc1S(=O)(=O)O)c1ccccc1. The van der Waals surface area contributed by atoms with Gasteiger partial charge in [-0.15, -0.1) is 0 Å². The number of hydrogen-bond donors (Lipinski definition) is 2. The van der Waals surface area contributed by atoms with Crippen LogP contribution in [0.3, 0.4) is 0 Å². The van der Waals surface area contributed by atoms with Crippen LogP contribution < -0.4 is 0 Å². The van der Waals surface area contributed by atoms with Gasteiger partial charge >= 0.3 is 0 Å². The van der Waals surface area contributed by atoms with E-state index < -0.39 is 30.0 Å². The molecule has 0 aromatic heterocycles. The Morgan fingerprint density at radius 2 is 1.36 bits per heavy atom. The Kier molecular flexibility index (Phi) is 4.47. The summed E-state index contributed by atoms with van der Waals surface area (Å²) in [5.41, 5.74) is 0.136. The van der Waals surface area contributed by atoms with Crippen LogP contribution in [0.25, 0.3) is 11.0 Å². The van der Waals surface area contributed by atoms with E-state index in [1.165, 1.54) is 30.3 Å². The third-order valence-electron chi connectivity index (χ3n) is 2.82. The molecule has 2 aromatic rings. The molecule has 0 aliphatic carbocycles. The van der Waals surface area contributed by atoms with Crippen molar-refractivity contribution in [3.63, 3.8) is 0 Å². The molecule has 2 N–H and O–H groups in total. The molecule has 0 spiro atoms. The van der Waals surface area contributed by atoms with Gasteiger partial charge < -0.3 is 0 Å². The molecule has 0 aliphatic rings. The second-order valence-corrected chi connectivity index (χ2v) is 7.14. The molecule has 6 nitrogen and oxygen atoms in total. The van der Waals surface area contributed by atoms with Crippen molar-refractivity contribution in [1.82, 2.24) is 0 Å². The molecular weight excluding hydrogens is 328 g/mol. The minimum atomic E-state index is -4.59. The summed E-state index contributed by atoms with van der Waals surface area (Å²) in [5.74, 6) is 0. The highest BCUT2D eigenvalue weighted by Crippen LogP contribution is 2.26. The molecule has 0 saturated carbocycles. The summed E-state index contributed by atoms with van der Waals surface area (Å²) in [6.45, 7) is 0. The fourth-order valence-electron chi connectivity index (χ4n) is 1.89. The standard InChI is InChI=1S/C14H12O6S2/c15-21(16,17)13-9-5-4-8-12(13)10-14(22(18,19)20)11-6-2-1-3-7-11/h1-10H,(H,15,16,17)(H,18,19,20). The van der Waals surface area contributed by atoms with Crippen LogP contribution in [0.4, 0.5) is 0 Å². The molecule has 0 aliphatic heterocycles. The van der Waals surface area contributed by atoms with Crippen LogP contribution in [0.5, 0.6) is 0 Å². The van der Waals surface area contributed by atoms with Crippen LogP contribution in [-0.4, -0.2) is 25.9 Å². The first-order valence-corrected chi connectivity index (χ1v) is 8.89. The van der Waals surface area contributed by atoms with E-state index in [9.17, 15) is 25.9 Å². The summed E-state index contributed by atoms with van der Waals surface area (Å²) in [4.78, 5) is -0.920. The third kappa shape index (κ3) is 3.80. The van der Waals surface area contributed by atoms with Crippen LogP contribution in [0, 0.1) is 0 Å². The Labute approximate surface area is 128 Å². The van der Waals surface area contributed by atoms with Gasteiger partial charge in [-0.05, 0) is 23.3 Å². The van der Waals surface area contributed by atoms with Crippen LogP contribution in [0.1, 0.15) is 11.1 Å². The summed E-state index contributed by atoms with van der Waals surface area (Å²) in [7, 11) is -9.12. The highest BCUT2D eigenvalue weighted by Gasteiger charge is 2.19. The van der Waals surface area contributed by atoms with Gasteiger partial charge in [0.05, 0.1) is 0 Å². The highest BCUT2D eigenvalue weighted by atomic mass is 32.2. The van der Waals surface area contributed by atoms with Crippen LogP contribution in [0.2, 0.25) is 0 Å². The predicted octanol–water partition coefficient (Wildman–Crippen LogP) is 2.32. The van der Waals surface area contributed by atoms with Gasteiger partial charge in [0.25, 0.3) is 20.2 Å². The van der Waals surface area contributed by atoms with E-state index >= 15 is 0 Å². The van der Waals surface area contributed by atoms with Gasteiger partial charge in [0.2, 0.25) is 0 Å². The average molecular weight is 340 g/mol. The Bertz CT molecular complexity index is 913. The van der Waals surface area contributed by atoms with Crippen LogP contribution in [-0.2, 0) is 20.2 Å². The molecule has 0 fully saturated rings. The molecule has 22 heavy (non-hydrogen) atoms. The molecule has 0 bridgehead atoms. The average Bonchev–Trinajstić information content (AvgIpc) is 2.44. The molecule has 0 amide bonds. The van der Waals surface area contributed by atoms with Crippen LogP contribution >= 0.6 is 0 Å². The van der Waals surface area contributed by atoms with Crippen LogP contribution in [0.15, 0.2) is 59.5 Å². The van der Waals surface area contributed by atoms with E-state index in [1.807, 2.05) is 0 Å². The topological polar surface area (TPSA) is 109 Å². The second kappa shape index (κ2) is 6.01. The Morgan fingerprint density at radius 3 is 1.91 bits per heavy atom. The van der Waals surface area contributed by atoms with E-state index in [1.54, 1.807) is 18.2 Å². The van der Waals surface area contributed by atoms with E-state index in [0.717, 1.165) is 12.1 Å². The van der Waals surface area contributed by atoms with Gasteiger partial charge in [-0.3, -0.25) is 9.11 Å². The van der Waals surface area contributed by atoms with Crippen molar-refractivity contribution in [2.75, 3.05) is 0 Å². The molecule has 0 radical (unpaired) electrons. The summed E-state index contributed by atoms with van der Waals surface area (Å²) < 4.78 is 64.4. The lowest BCUT2D eigenvalue weighted by molar-refractivity contribution is 0.482. The van der Waals surface area contributed by atoms with Crippen molar-refractivity contribution in [3.8, 4) is 0 Å². The zero-order valence-corrected chi connectivity index (χ0v) is 12.8. The molecular formula is C14H12O6S2. The van der Waals surface area contributed by atoms with Gasteiger partial charge in [-0.1, -0.05) is 48.5 Å². The first kappa shape index (κ1) is 16.4. The fourth-order valence-corrected chi connectivity index (χ4v) is 3.27. The lowest BCUT2D eigenvalue weighted by Gasteiger charge is -2.07. The zero-order valence-electron chi connectivity index (χ0n) is 11.1. The van der Waals surface area contributed by atoms with Crippen molar-refractivity contribution < 1.29 is 25.9 Å². The quantitative estimate of drug-likeness (QED) is 0.653. The molecule has 0 heterocycles. The number of rotatable bonds is 4. The minimum absolute atomic E-state index is 0.0542. The molecule has 0 atom stereocenters. The first-order chi connectivity index (χ1) is 10.2. The van der Waals surface area contributed by atoms with Crippen molar-refractivity contribution in [3.05, 3.63) is 65.7 Å². The maximum absolute atomic E-state index is 11.6. The van der Waals surface area contributed by atoms with Gasteiger partial charge in [0.1, 0.15) is 9.80 Å². The molecule has 116 valence electrons. The summed E-state index contributed by atoms with van der Waals surface area (Å²) in [5, 5.41) is 0. The van der Waals surface area contributed by atoms with E-state index in [2.05, 4.69) is 0 Å². The lowest BCUT2D eigenvalue weighted by Crippen LogP contribution is -2.04. The maximum Gasteiger partial charge on any atom is 0.295 e. The molecule has 2 aromatic carbocycles. The normalized spacial score (nSPS) is 13.1. The van der Waals surface area contributed by atoms with Crippen molar-refractivity contribution in [1.29, 1.82) is 0 Å². The van der Waals surface area contributed by atoms with Gasteiger partial charge in [0.15, 0.2) is 0 Å². The zero-order chi connectivity index (χ0) is 16.4.